The fourth-order valence-corrected chi connectivity index (χ4v) is 4.57. The SMILES string of the molecule is CCNS(=O)(=O)c1ccc(C(=O)N(C)C2CCCc3ccccc32)cc1. The summed E-state index contributed by atoms with van der Waals surface area (Å²) in [6.45, 7) is 2.05. The number of carbonyl (C=O) groups is 1. The number of sulfonamides is 1. The number of aryl methyl sites for hydroxylation is 1. The largest absolute Gasteiger partial charge is 0.335 e. The first kappa shape index (κ1) is 18.6. The van der Waals surface area contributed by atoms with E-state index in [2.05, 4.69) is 16.9 Å². The molecule has 1 amide bonds. The van der Waals surface area contributed by atoms with Gasteiger partial charge in [0.05, 0.1) is 10.9 Å². The lowest BCUT2D eigenvalue weighted by Crippen LogP contribution is -2.33. The van der Waals surface area contributed by atoms with Gasteiger partial charge in [0.25, 0.3) is 5.91 Å². The van der Waals surface area contributed by atoms with E-state index in [0.717, 1.165) is 19.3 Å². The molecule has 1 unspecified atom stereocenters. The first-order chi connectivity index (χ1) is 12.4. The van der Waals surface area contributed by atoms with E-state index < -0.39 is 10.0 Å². The molecule has 1 aliphatic rings. The minimum Gasteiger partial charge on any atom is -0.335 e. The van der Waals surface area contributed by atoms with Gasteiger partial charge in [0.2, 0.25) is 10.0 Å². The molecule has 2 aromatic rings. The Labute approximate surface area is 155 Å². The first-order valence-electron chi connectivity index (χ1n) is 8.88. The van der Waals surface area contributed by atoms with E-state index in [1.54, 1.807) is 24.0 Å². The minimum atomic E-state index is -3.51. The molecule has 138 valence electrons. The Morgan fingerprint density at radius 2 is 1.85 bits per heavy atom. The Morgan fingerprint density at radius 3 is 2.54 bits per heavy atom. The lowest BCUT2D eigenvalue weighted by atomic mass is 9.87. The second kappa shape index (κ2) is 7.60. The van der Waals surface area contributed by atoms with Crippen molar-refractivity contribution < 1.29 is 13.2 Å². The summed E-state index contributed by atoms with van der Waals surface area (Å²) < 4.78 is 26.5. The van der Waals surface area contributed by atoms with Crippen LogP contribution in [0.1, 0.15) is 47.3 Å². The van der Waals surface area contributed by atoms with Gasteiger partial charge in [-0.3, -0.25) is 4.79 Å². The molecule has 6 heteroatoms. The Kier molecular flexibility index (Phi) is 5.44. The van der Waals surface area contributed by atoms with Gasteiger partial charge < -0.3 is 4.90 Å². The van der Waals surface area contributed by atoms with Gasteiger partial charge in [-0.15, -0.1) is 0 Å². The second-order valence-electron chi connectivity index (χ2n) is 6.55. The van der Waals surface area contributed by atoms with Crippen molar-refractivity contribution in [1.29, 1.82) is 0 Å². The maximum Gasteiger partial charge on any atom is 0.254 e. The van der Waals surface area contributed by atoms with Crippen LogP contribution in [-0.4, -0.2) is 32.8 Å². The van der Waals surface area contributed by atoms with E-state index in [4.69, 9.17) is 0 Å². The summed E-state index contributed by atoms with van der Waals surface area (Å²) in [5.74, 6) is -0.0981. The van der Waals surface area contributed by atoms with Gasteiger partial charge in [-0.1, -0.05) is 31.2 Å². The van der Waals surface area contributed by atoms with E-state index in [0.29, 0.717) is 12.1 Å². The van der Waals surface area contributed by atoms with Gasteiger partial charge in [-0.25, -0.2) is 13.1 Å². The van der Waals surface area contributed by atoms with Gasteiger partial charge in [-0.05, 0) is 54.7 Å². The van der Waals surface area contributed by atoms with Crippen LogP contribution < -0.4 is 4.72 Å². The van der Waals surface area contributed by atoms with Crippen LogP contribution in [0, 0.1) is 0 Å². The number of hydrogen-bond donors (Lipinski definition) is 1. The van der Waals surface area contributed by atoms with E-state index in [1.165, 1.54) is 23.3 Å². The average molecular weight is 372 g/mol. The molecular formula is C20H24N2O3S. The standard InChI is InChI=1S/C20H24N2O3S/c1-3-21-26(24,25)17-13-11-16(12-14-17)20(23)22(2)19-10-6-8-15-7-4-5-9-18(15)19/h4-5,7,9,11-14,19,21H,3,6,8,10H2,1-2H3. The Balaban J connectivity index is 1.82. The zero-order valence-electron chi connectivity index (χ0n) is 15.1. The summed E-state index contributed by atoms with van der Waals surface area (Å²) >= 11 is 0. The fourth-order valence-electron chi connectivity index (χ4n) is 3.53. The molecule has 1 atom stereocenters. The van der Waals surface area contributed by atoms with Crippen LogP contribution in [0.25, 0.3) is 0 Å². The van der Waals surface area contributed by atoms with Crippen molar-refractivity contribution in [1.82, 2.24) is 9.62 Å². The van der Waals surface area contributed by atoms with Crippen molar-refractivity contribution >= 4 is 15.9 Å². The average Bonchev–Trinajstić information content (AvgIpc) is 2.66. The molecule has 0 bridgehead atoms. The molecular weight excluding hydrogens is 348 g/mol. The zero-order chi connectivity index (χ0) is 18.7. The van der Waals surface area contributed by atoms with Gasteiger partial charge in [0, 0.05) is 19.2 Å². The molecule has 0 aliphatic heterocycles. The van der Waals surface area contributed by atoms with E-state index >= 15 is 0 Å². The fraction of sp³-hybridized carbons (Fsp3) is 0.350. The molecule has 26 heavy (non-hydrogen) atoms. The molecule has 0 heterocycles. The number of benzene rings is 2. The van der Waals surface area contributed by atoms with Crippen molar-refractivity contribution in [3.8, 4) is 0 Å². The summed E-state index contributed by atoms with van der Waals surface area (Å²) in [4.78, 5) is 14.8. The van der Waals surface area contributed by atoms with Crippen LogP contribution in [0.4, 0.5) is 0 Å². The highest BCUT2D eigenvalue weighted by Crippen LogP contribution is 2.34. The topological polar surface area (TPSA) is 66.5 Å². The number of amides is 1. The number of hydrogen-bond acceptors (Lipinski definition) is 3. The molecule has 0 aromatic heterocycles. The van der Waals surface area contributed by atoms with Gasteiger partial charge >= 0.3 is 0 Å². The number of rotatable bonds is 5. The van der Waals surface area contributed by atoms with Crippen molar-refractivity contribution in [2.24, 2.45) is 0 Å². The number of nitrogens with zero attached hydrogens (tertiary/aromatic N) is 1. The molecule has 2 aromatic carbocycles. The number of fused-ring (bicyclic) bond motifs is 1. The molecule has 1 N–H and O–H groups in total. The van der Waals surface area contributed by atoms with E-state index in [1.807, 2.05) is 19.2 Å². The van der Waals surface area contributed by atoms with Crippen LogP contribution in [0.5, 0.6) is 0 Å². The van der Waals surface area contributed by atoms with Crippen LogP contribution in [-0.2, 0) is 16.4 Å². The van der Waals surface area contributed by atoms with Crippen molar-refractivity contribution in [3.05, 3.63) is 65.2 Å². The summed E-state index contributed by atoms with van der Waals surface area (Å²) in [7, 11) is -1.69. The zero-order valence-corrected chi connectivity index (χ0v) is 15.9. The summed E-state index contributed by atoms with van der Waals surface area (Å²) in [6, 6.07) is 14.4. The summed E-state index contributed by atoms with van der Waals surface area (Å²) in [5, 5.41) is 0. The highest BCUT2D eigenvalue weighted by atomic mass is 32.2. The molecule has 0 fully saturated rings. The van der Waals surface area contributed by atoms with Gasteiger partial charge in [-0.2, -0.15) is 0 Å². The predicted octanol–water partition coefficient (Wildman–Crippen LogP) is 3.13. The van der Waals surface area contributed by atoms with Crippen LogP contribution in [0.2, 0.25) is 0 Å². The van der Waals surface area contributed by atoms with Gasteiger partial charge in [0.15, 0.2) is 0 Å². The van der Waals surface area contributed by atoms with Gasteiger partial charge in [0.1, 0.15) is 0 Å². The van der Waals surface area contributed by atoms with Crippen molar-refractivity contribution in [3.63, 3.8) is 0 Å². The third-order valence-electron chi connectivity index (χ3n) is 4.87. The molecule has 0 spiro atoms. The molecule has 5 nitrogen and oxygen atoms in total. The molecule has 1 aliphatic carbocycles. The van der Waals surface area contributed by atoms with Crippen LogP contribution in [0.15, 0.2) is 53.4 Å². The smallest absolute Gasteiger partial charge is 0.254 e. The van der Waals surface area contributed by atoms with E-state index in [-0.39, 0.29) is 16.8 Å². The lowest BCUT2D eigenvalue weighted by Gasteiger charge is -2.33. The third-order valence-corrected chi connectivity index (χ3v) is 6.43. The maximum atomic E-state index is 12.9. The normalized spacial score (nSPS) is 16.8. The summed E-state index contributed by atoms with van der Waals surface area (Å²) in [6.07, 6.45) is 3.04. The second-order valence-corrected chi connectivity index (χ2v) is 8.32. The number of carbonyl (C=O) groups excluding carboxylic acids is 1. The summed E-state index contributed by atoms with van der Waals surface area (Å²) in [5.41, 5.74) is 3.00. The highest BCUT2D eigenvalue weighted by Gasteiger charge is 2.27. The Morgan fingerprint density at radius 1 is 1.15 bits per heavy atom. The van der Waals surface area contributed by atoms with Crippen molar-refractivity contribution in [2.45, 2.75) is 37.1 Å². The monoisotopic (exact) mass is 372 g/mol. The lowest BCUT2D eigenvalue weighted by molar-refractivity contribution is 0.0715. The quantitative estimate of drug-likeness (QED) is 0.877. The Bertz CT molecular complexity index is 892. The first-order valence-corrected chi connectivity index (χ1v) is 10.4. The number of nitrogens with one attached hydrogen (secondary N) is 1. The molecule has 0 radical (unpaired) electrons. The third kappa shape index (κ3) is 3.66. The predicted molar refractivity (Wildman–Crippen MR) is 102 cm³/mol. The molecule has 0 saturated carbocycles. The van der Waals surface area contributed by atoms with Crippen LogP contribution >= 0.6 is 0 Å². The van der Waals surface area contributed by atoms with Crippen LogP contribution in [0.3, 0.4) is 0 Å². The van der Waals surface area contributed by atoms with Crippen molar-refractivity contribution in [2.75, 3.05) is 13.6 Å². The highest BCUT2D eigenvalue weighted by molar-refractivity contribution is 7.89. The minimum absolute atomic E-state index is 0.0533. The molecule has 3 rings (SSSR count). The Hall–Kier alpha value is -2.18. The maximum absolute atomic E-state index is 12.9. The van der Waals surface area contributed by atoms with E-state index in [9.17, 15) is 13.2 Å². The molecule has 0 saturated heterocycles.